The maximum atomic E-state index is 12.6. The molecule has 1 heterocycles. The van der Waals surface area contributed by atoms with Crippen LogP contribution in [-0.4, -0.2) is 55.3 Å². The van der Waals surface area contributed by atoms with Crippen LogP contribution in [0.5, 0.6) is 5.75 Å². The number of hydrogen-bond acceptors (Lipinski definition) is 7. The zero-order valence-electron chi connectivity index (χ0n) is 17.5. The summed E-state index contributed by atoms with van der Waals surface area (Å²) in [4.78, 5) is 37.9. The van der Waals surface area contributed by atoms with Crippen LogP contribution in [0.15, 0.2) is 54.6 Å². The maximum absolute atomic E-state index is 12.6. The summed E-state index contributed by atoms with van der Waals surface area (Å²) in [6.45, 7) is 2.31. The van der Waals surface area contributed by atoms with Crippen molar-refractivity contribution in [2.24, 2.45) is 0 Å². The molecule has 0 unspecified atom stereocenters. The number of carbonyl (C=O) groups is 3. The molecule has 1 aliphatic heterocycles. The highest BCUT2D eigenvalue weighted by molar-refractivity contribution is 5.89. The highest BCUT2D eigenvalue weighted by Gasteiger charge is 2.42. The van der Waals surface area contributed by atoms with E-state index in [4.69, 9.17) is 18.9 Å². The number of ether oxygens (including phenoxy) is 4. The van der Waals surface area contributed by atoms with E-state index in [1.54, 1.807) is 31.2 Å². The fourth-order valence-corrected chi connectivity index (χ4v) is 3.32. The van der Waals surface area contributed by atoms with E-state index in [9.17, 15) is 14.4 Å². The van der Waals surface area contributed by atoms with Crippen LogP contribution in [0.25, 0.3) is 0 Å². The van der Waals surface area contributed by atoms with Crippen molar-refractivity contribution in [1.82, 2.24) is 4.90 Å². The molecule has 0 spiro atoms. The second-order valence-corrected chi connectivity index (χ2v) is 6.95. The molecular weight excluding hydrogens is 402 g/mol. The number of likely N-dealkylation sites (tertiary alicyclic amines) is 1. The third-order valence-corrected chi connectivity index (χ3v) is 4.84. The first-order valence-corrected chi connectivity index (χ1v) is 10.0. The van der Waals surface area contributed by atoms with E-state index in [2.05, 4.69) is 0 Å². The summed E-state index contributed by atoms with van der Waals surface area (Å²) in [5.74, 6) is -0.422. The second kappa shape index (κ2) is 10.5. The highest BCUT2D eigenvalue weighted by atomic mass is 16.6. The molecule has 1 fully saturated rings. The van der Waals surface area contributed by atoms with E-state index in [1.165, 1.54) is 12.0 Å². The minimum atomic E-state index is -0.794. The van der Waals surface area contributed by atoms with Gasteiger partial charge in [0, 0.05) is 6.42 Å². The molecule has 8 heteroatoms. The molecule has 2 aromatic rings. The Balaban J connectivity index is 1.63. The smallest absolute Gasteiger partial charge is 0.410 e. The van der Waals surface area contributed by atoms with Crippen molar-refractivity contribution < 1.29 is 33.3 Å². The molecule has 0 bridgehead atoms. The van der Waals surface area contributed by atoms with Crippen LogP contribution < -0.4 is 4.74 Å². The van der Waals surface area contributed by atoms with Gasteiger partial charge in [-0.05, 0) is 36.8 Å². The van der Waals surface area contributed by atoms with Gasteiger partial charge >= 0.3 is 18.0 Å². The molecule has 2 atom stereocenters. The van der Waals surface area contributed by atoms with Gasteiger partial charge in [0.25, 0.3) is 0 Å². The largest absolute Gasteiger partial charge is 0.488 e. The number of benzene rings is 2. The van der Waals surface area contributed by atoms with E-state index in [0.29, 0.717) is 17.9 Å². The first-order chi connectivity index (χ1) is 15.0. The van der Waals surface area contributed by atoms with Crippen LogP contribution >= 0.6 is 0 Å². The van der Waals surface area contributed by atoms with E-state index in [1.807, 2.05) is 30.3 Å². The lowest BCUT2D eigenvalue weighted by Gasteiger charge is -2.21. The van der Waals surface area contributed by atoms with Gasteiger partial charge in [-0.15, -0.1) is 0 Å². The molecular formula is C23H25NO7. The Morgan fingerprint density at radius 2 is 1.71 bits per heavy atom. The molecule has 8 nitrogen and oxygen atoms in total. The lowest BCUT2D eigenvalue weighted by molar-refractivity contribution is -0.145. The average Bonchev–Trinajstić information content (AvgIpc) is 3.22. The fourth-order valence-electron chi connectivity index (χ4n) is 3.32. The van der Waals surface area contributed by atoms with E-state index in [0.717, 1.165) is 5.56 Å². The topological polar surface area (TPSA) is 91.4 Å². The summed E-state index contributed by atoms with van der Waals surface area (Å²) in [6, 6.07) is 15.0. The van der Waals surface area contributed by atoms with Crippen LogP contribution in [0.3, 0.4) is 0 Å². The molecule has 2 aromatic carbocycles. The van der Waals surface area contributed by atoms with Gasteiger partial charge in [0.05, 0.1) is 25.8 Å². The second-order valence-electron chi connectivity index (χ2n) is 6.95. The summed E-state index contributed by atoms with van der Waals surface area (Å²) in [5.41, 5.74) is 1.26. The van der Waals surface area contributed by atoms with Gasteiger partial charge in [-0.3, -0.25) is 4.90 Å². The highest BCUT2D eigenvalue weighted by Crippen LogP contribution is 2.25. The van der Waals surface area contributed by atoms with Crippen molar-refractivity contribution in [3.05, 3.63) is 65.7 Å². The number of carbonyl (C=O) groups excluding carboxylic acids is 3. The quantitative estimate of drug-likeness (QED) is 0.495. The predicted octanol–water partition coefficient (Wildman–Crippen LogP) is 3.19. The number of hydrogen-bond donors (Lipinski definition) is 0. The Labute approximate surface area is 180 Å². The normalized spacial score (nSPS) is 17.7. The third kappa shape index (κ3) is 5.75. The van der Waals surface area contributed by atoms with Crippen LogP contribution in [0, 0.1) is 0 Å². The number of nitrogens with zero attached hydrogens (tertiary/aromatic N) is 1. The van der Waals surface area contributed by atoms with Gasteiger partial charge in [-0.1, -0.05) is 30.3 Å². The monoisotopic (exact) mass is 427 g/mol. The number of amides is 1. The van der Waals surface area contributed by atoms with Crippen molar-refractivity contribution >= 4 is 18.0 Å². The SMILES string of the molecule is CCOC(=O)c1ccc(O[C@H]2C[C@@H](C(=O)OC)N(C(=O)OCc3ccccc3)C2)cc1. The third-order valence-electron chi connectivity index (χ3n) is 4.84. The minimum absolute atomic E-state index is 0.102. The summed E-state index contributed by atoms with van der Waals surface area (Å²) >= 11 is 0. The summed E-state index contributed by atoms with van der Waals surface area (Å²) in [5, 5.41) is 0. The van der Waals surface area contributed by atoms with Gasteiger partial charge in [-0.25, -0.2) is 14.4 Å². The molecule has 0 aromatic heterocycles. The Hall–Kier alpha value is -3.55. The molecule has 0 aliphatic carbocycles. The van der Waals surface area contributed by atoms with Crippen molar-refractivity contribution in [2.75, 3.05) is 20.3 Å². The molecule has 31 heavy (non-hydrogen) atoms. The van der Waals surface area contributed by atoms with Gasteiger partial charge in [0.1, 0.15) is 24.5 Å². The number of rotatable bonds is 7. The Kier molecular flexibility index (Phi) is 7.48. The van der Waals surface area contributed by atoms with Crippen LogP contribution in [0.1, 0.15) is 29.3 Å². The molecule has 1 aliphatic rings. The molecule has 0 radical (unpaired) electrons. The van der Waals surface area contributed by atoms with E-state index >= 15 is 0 Å². The summed E-state index contributed by atoms with van der Waals surface area (Å²) in [7, 11) is 1.28. The van der Waals surface area contributed by atoms with Crippen LogP contribution in [0.4, 0.5) is 4.79 Å². The van der Waals surface area contributed by atoms with Crippen molar-refractivity contribution in [3.8, 4) is 5.75 Å². The maximum Gasteiger partial charge on any atom is 0.410 e. The fraction of sp³-hybridized carbons (Fsp3) is 0.348. The van der Waals surface area contributed by atoms with Gasteiger partial charge in [0.15, 0.2) is 0 Å². The zero-order valence-corrected chi connectivity index (χ0v) is 17.5. The number of methoxy groups -OCH3 is 1. The molecule has 164 valence electrons. The summed E-state index contributed by atoms with van der Waals surface area (Å²) < 4.78 is 21.1. The van der Waals surface area contributed by atoms with Crippen molar-refractivity contribution in [2.45, 2.75) is 32.1 Å². The van der Waals surface area contributed by atoms with E-state index < -0.39 is 30.2 Å². The first-order valence-electron chi connectivity index (χ1n) is 10.0. The predicted molar refractivity (Wildman–Crippen MR) is 111 cm³/mol. The van der Waals surface area contributed by atoms with E-state index in [-0.39, 0.29) is 19.6 Å². The molecule has 0 N–H and O–H groups in total. The lowest BCUT2D eigenvalue weighted by atomic mass is 10.2. The Bertz CT molecular complexity index is 898. The molecule has 1 amide bonds. The van der Waals surface area contributed by atoms with Crippen molar-refractivity contribution in [1.29, 1.82) is 0 Å². The minimum Gasteiger partial charge on any atom is -0.488 e. The molecule has 3 rings (SSSR count). The molecule has 1 saturated heterocycles. The Morgan fingerprint density at radius 3 is 2.35 bits per heavy atom. The summed E-state index contributed by atoms with van der Waals surface area (Å²) in [6.07, 6.45) is -0.767. The van der Waals surface area contributed by atoms with Crippen LogP contribution in [0.2, 0.25) is 0 Å². The van der Waals surface area contributed by atoms with Gasteiger partial charge in [-0.2, -0.15) is 0 Å². The lowest BCUT2D eigenvalue weighted by Crippen LogP contribution is -2.41. The van der Waals surface area contributed by atoms with Gasteiger partial charge in [0.2, 0.25) is 0 Å². The van der Waals surface area contributed by atoms with Gasteiger partial charge < -0.3 is 18.9 Å². The Morgan fingerprint density at radius 1 is 1.00 bits per heavy atom. The average molecular weight is 427 g/mol. The number of esters is 2. The standard InChI is InChI=1S/C23H25NO7/c1-3-29-21(25)17-9-11-18(12-10-17)31-19-13-20(22(26)28-2)24(14-19)23(27)30-15-16-7-5-4-6-8-16/h4-12,19-20H,3,13-15H2,1-2H3/t19-,20-/m0/s1. The first kappa shape index (κ1) is 22.1. The zero-order chi connectivity index (χ0) is 22.2. The van der Waals surface area contributed by atoms with Crippen LogP contribution in [-0.2, 0) is 25.6 Å². The van der Waals surface area contributed by atoms with Crippen molar-refractivity contribution in [3.63, 3.8) is 0 Å². The molecule has 0 saturated carbocycles.